The quantitative estimate of drug-likeness (QED) is 0.211. The SMILES string of the molecule is C/C(=N\OCCCCOc1c(Cl)cc(OCC=C(Cl)Cl)cc1Cl)C(C)(C)C. The highest BCUT2D eigenvalue weighted by molar-refractivity contribution is 6.55. The third-order valence-electron chi connectivity index (χ3n) is 3.62. The molecule has 0 unspecified atom stereocenters. The Bertz CT molecular complexity index is 642. The van der Waals surface area contributed by atoms with Gasteiger partial charge < -0.3 is 14.3 Å². The van der Waals surface area contributed by atoms with Crippen LogP contribution in [0.2, 0.25) is 10.0 Å². The number of benzene rings is 1. The molecular weight excluding hydrogens is 432 g/mol. The largest absolute Gasteiger partial charge is 0.490 e. The van der Waals surface area contributed by atoms with Gasteiger partial charge in [-0.05, 0) is 25.8 Å². The zero-order valence-electron chi connectivity index (χ0n) is 16.0. The van der Waals surface area contributed by atoms with Gasteiger partial charge in [-0.2, -0.15) is 0 Å². The summed E-state index contributed by atoms with van der Waals surface area (Å²) in [5.41, 5.74) is 0.974. The molecule has 27 heavy (non-hydrogen) atoms. The van der Waals surface area contributed by atoms with E-state index in [1.165, 1.54) is 6.08 Å². The van der Waals surface area contributed by atoms with Crippen LogP contribution in [0.5, 0.6) is 11.5 Å². The third-order valence-corrected chi connectivity index (χ3v) is 4.49. The minimum absolute atomic E-state index is 0.0129. The van der Waals surface area contributed by atoms with E-state index in [1.807, 2.05) is 6.92 Å². The van der Waals surface area contributed by atoms with Crippen LogP contribution in [0.3, 0.4) is 0 Å². The summed E-state index contributed by atoms with van der Waals surface area (Å²) in [6.07, 6.45) is 3.11. The van der Waals surface area contributed by atoms with E-state index < -0.39 is 0 Å². The van der Waals surface area contributed by atoms with Crippen LogP contribution in [-0.2, 0) is 4.84 Å². The smallest absolute Gasteiger partial charge is 0.156 e. The van der Waals surface area contributed by atoms with Crippen molar-refractivity contribution in [3.05, 3.63) is 32.7 Å². The Balaban J connectivity index is 2.39. The van der Waals surface area contributed by atoms with Crippen LogP contribution in [-0.4, -0.2) is 25.5 Å². The van der Waals surface area contributed by atoms with Crippen molar-refractivity contribution in [1.29, 1.82) is 0 Å². The van der Waals surface area contributed by atoms with Crippen molar-refractivity contribution in [2.45, 2.75) is 40.5 Å². The minimum Gasteiger partial charge on any atom is -0.490 e. The highest BCUT2D eigenvalue weighted by Crippen LogP contribution is 2.37. The maximum atomic E-state index is 6.22. The second kappa shape index (κ2) is 11.9. The molecule has 0 radical (unpaired) electrons. The zero-order valence-corrected chi connectivity index (χ0v) is 19.0. The van der Waals surface area contributed by atoms with E-state index in [0.717, 1.165) is 18.6 Å². The van der Waals surface area contributed by atoms with E-state index in [1.54, 1.807) is 12.1 Å². The summed E-state index contributed by atoms with van der Waals surface area (Å²) in [6, 6.07) is 3.26. The Morgan fingerprint density at radius 1 is 1.04 bits per heavy atom. The first-order valence-corrected chi connectivity index (χ1v) is 10.0. The average Bonchev–Trinajstić information content (AvgIpc) is 2.54. The summed E-state index contributed by atoms with van der Waals surface area (Å²) < 4.78 is 11.3. The molecule has 0 heterocycles. The Hall–Kier alpha value is -0.810. The lowest BCUT2D eigenvalue weighted by molar-refractivity contribution is 0.133. The van der Waals surface area contributed by atoms with Gasteiger partial charge in [-0.15, -0.1) is 0 Å². The highest BCUT2D eigenvalue weighted by Gasteiger charge is 2.14. The van der Waals surface area contributed by atoms with Crippen LogP contribution >= 0.6 is 46.4 Å². The Morgan fingerprint density at radius 2 is 1.63 bits per heavy atom. The Kier molecular flexibility index (Phi) is 10.7. The lowest BCUT2D eigenvalue weighted by atomic mass is 9.91. The zero-order chi connectivity index (χ0) is 20.4. The van der Waals surface area contributed by atoms with Gasteiger partial charge in [0.2, 0.25) is 0 Å². The highest BCUT2D eigenvalue weighted by atomic mass is 35.5. The number of ether oxygens (including phenoxy) is 2. The number of rotatable bonds is 10. The van der Waals surface area contributed by atoms with Gasteiger partial charge in [0.15, 0.2) is 5.75 Å². The van der Waals surface area contributed by atoms with Gasteiger partial charge in [-0.25, -0.2) is 0 Å². The van der Waals surface area contributed by atoms with Crippen molar-refractivity contribution in [3.8, 4) is 11.5 Å². The van der Waals surface area contributed by atoms with E-state index in [2.05, 4.69) is 25.9 Å². The molecule has 0 fully saturated rings. The first-order valence-electron chi connectivity index (χ1n) is 8.54. The number of nitrogens with zero attached hydrogens (tertiary/aromatic N) is 1. The first kappa shape index (κ1) is 24.2. The maximum Gasteiger partial charge on any atom is 0.156 e. The van der Waals surface area contributed by atoms with Gasteiger partial charge in [-0.3, -0.25) is 0 Å². The first-order chi connectivity index (χ1) is 12.6. The molecule has 0 saturated carbocycles. The Labute approximate surface area is 181 Å². The molecule has 0 aliphatic rings. The van der Waals surface area contributed by atoms with E-state index in [9.17, 15) is 0 Å². The fraction of sp³-hybridized carbons (Fsp3) is 0.526. The lowest BCUT2D eigenvalue weighted by Crippen LogP contribution is -2.17. The summed E-state index contributed by atoms with van der Waals surface area (Å²) >= 11 is 23.5. The normalized spacial score (nSPS) is 11.9. The van der Waals surface area contributed by atoms with Crippen molar-refractivity contribution >= 4 is 52.1 Å². The fourth-order valence-electron chi connectivity index (χ4n) is 1.68. The molecule has 0 saturated heterocycles. The number of unbranched alkanes of at least 4 members (excludes halogenated alkanes) is 1. The van der Waals surface area contributed by atoms with Crippen LogP contribution < -0.4 is 9.47 Å². The molecule has 8 heteroatoms. The molecular formula is C19H25Cl4NO3. The van der Waals surface area contributed by atoms with Crippen LogP contribution in [0.25, 0.3) is 0 Å². The van der Waals surface area contributed by atoms with Crippen LogP contribution in [0, 0.1) is 5.41 Å². The van der Waals surface area contributed by atoms with E-state index >= 15 is 0 Å². The Morgan fingerprint density at radius 3 is 2.19 bits per heavy atom. The van der Waals surface area contributed by atoms with E-state index in [0.29, 0.717) is 34.8 Å². The predicted molar refractivity (Wildman–Crippen MR) is 115 cm³/mol. The molecule has 0 N–H and O–H groups in total. The van der Waals surface area contributed by atoms with Crippen molar-refractivity contribution < 1.29 is 14.3 Å². The molecule has 0 aromatic heterocycles. The van der Waals surface area contributed by atoms with Crippen molar-refractivity contribution in [1.82, 2.24) is 0 Å². The summed E-state index contributed by atoms with van der Waals surface area (Å²) in [7, 11) is 0. The molecule has 0 bridgehead atoms. The van der Waals surface area contributed by atoms with E-state index in [4.69, 9.17) is 60.7 Å². The standard InChI is InChI=1S/C19H25Cl4NO3/c1-13(19(2,3)4)24-27-9-6-5-8-26-18-15(20)11-14(12-16(18)21)25-10-7-17(22)23/h7,11-12H,5-6,8-10H2,1-4H3/b24-13+. The summed E-state index contributed by atoms with van der Waals surface area (Å²) in [4.78, 5) is 5.33. The van der Waals surface area contributed by atoms with E-state index in [-0.39, 0.29) is 16.5 Å². The van der Waals surface area contributed by atoms with Gasteiger partial charge in [0.1, 0.15) is 23.5 Å². The topological polar surface area (TPSA) is 40.0 Å². The monoisotopic (exact) mass is 455 g/mol. The van der Waals surface area contributed by atoms with Gasteiger partial charge in [0.05, 0.1) is 22.4 Å². The van der Waals surface area contributed by atoms with Crippen molar-refractivity contribution in [3.63, 3.8) is 0 Å². The van der Waals surface area contributed by atoms with Crippen LogP contribution in [0.1, 0.15) is 40.5 Å². The maximum absolute atomic E-state index is 6.22. The third kappa shape index (κ3) is 9.79. The number of oxime groups is 1. The van der Waals surface area contributed by atoms with Crippen LogP contribution in [0.15, 0.2) is 27.9 Å². The molecule has 1 aromatic carbocycles. The fourth-order valence-corrected chi connectivity index (χ4v) is 2.38. The van der Waals surface area contributed by atoms with Crippen molar-refractivity contribution in [2.75, 3.05) is 19.8 Å². The molecule has 1 aromatic rings. The van der Waals surface area contributed by atoms with Crippen LogP contribution in [0.4, 0.5) is 0 Å². The van der Waals surface area contributed by atoms with Gasteiger partial charge in [-0.1, -0.05) is 72.3 Å². The molecule has 152 valence electrons. The number of hydrogen-bond donors (Lipinski definition) is 0. The average molecular weight is 457 g/mol. The second-order valence-corrected chi connectivity index (χ2v) is 8.66. The molecule has 0 atom stereocenters. The molecule has 0 aliphatic carbocycles. The molecule has 0 amide bonds. The summed E-state index contributed by atoms with van der Waals surface area (Å²) in [5.74, 6) is 0.933. The molecule has 1 rings (SSSR count). The molecule has 4 nitrogen and oxygen atoms in total. The number of halogens is 4. The van der Waals surface area contributed by atoms with Gasteiger partial charge >= 0.3 is 0 Å². The van der Waals surface area contributed by atoms with Gasteiger partial charge in [0.25, 0.3) is 0 Å². The molecule has 0 aliphatic heterocycles. The second-order valence-electron chi connectivity index (χ2n) is 6.84. The van der Waals surface area contributed by atoms with Gasteiger partial charge in [0, 0.05) is 17.5 Å². The predicted octanol–water partition coefficient (Wildman–Crippen LogP) is 7.29. The minimum atomic E-state index is 0.0129. The summed E-state index contributed by atoms with van der Waals surface area (Å²) in [5, 5.41) is 4.87. The molecule has 0 spiro atoms. The van der Waals surface area contributed by atoms with Crippen molar-refractivity contribution in [2.24, 2.45) is 10.6 Å². The summed E-state index contributed by atoms with van der Waals surface area (Å²) in [6.45, 7) is 9.45. The number of hydrogen-bond acceptors (Lipinski definition) is 4. The lowest BCUT2D eigenvalue weighted by Gasteiger charge is -2.17.